The predicted octanol–water partition coefficient (Wildman–Crippen LogP) is 6.13. The zero-order chi connectivity index (χ0) is 21.4. The second-order valence-electron chi connectivity index (χ2n) is 10.3. The SMILES string of the molecule is CC12CCC3C4CC[C@](O)(C(F)(F)F)CC4CCC3C1CCC2C(=N)C(F)(F)F. The number of rotatable bonds is 1. The molecule has 8 atom stereocenters. The fraction of sp³-hybridized carbons (Fsp3) is 0.952. The van der Waals surface area contributed by atoms with Crippen molar-refractivity contribution < 1.29 is 31.4 Å². The van der Waals surface area contributed by atoms with E-state index in [-0.39, 0.29) is 42.4 Å². The molecule has 7 unspecified atom stereocenters. The Labute approximate surface area is 166 Å². The molecule has 0 aromatic carbocycles. The second-order valence-corrected chi connectivity index (χ2v) is 10.3. The topological polar surface area (TPSA) is 44.1 Å². The Bertz CT molecular complexity index is 675. The van der Waals surface area contributed by atoms with Gasteiger partial charge in [0, 0.05) is 5.92 Å². The van der Waals surface area contributed by atoms with Crippen molar-refractivity contribution in [2.45, 2.75) is 82.7 Å². The summed E-state index contributed by atoms with van der Waals surface area (Å²) >= 11 is 0. The van der Waals surface area contributed by atoms with Gasteiger partial charge in [-0.05, 0) is 92.8 Å². The van der Waals surface area contributed by atoms with E-state index in [4.69, 9.17) is 5.41 Å². The van der Waals surface area contributed by atoms with Crippen LogP contribution in [0, 0.1) is 46.3 Å². The van der Waals surface area contributed by atoms with E-state index in [1.165, 1.54) is 0 Å². The first-order chi connectivity index (χ1) is 13.3. The van der Waals surface area contributed by atoms with Gasteiger partial charge in [0.2, 0.25) is 0 Å². The number of halogens is 6. The van der Waals surface area contributed by atoms with Crippen LogP contribution in [0.4, 0.5) is 26.3 Å². The van der Waals surface area contributed by atoms with Crippen LogP contribution in [-0.2, 0) is 0 Å². The number of aliphatic hydroxyl groups is 1. The summed E-state index contributed by atoms with van der Waals surface area (Å²) in [7, 11) is 0. The molecular weight excluding hydrogens is 396 g/mol. The van der Waals surface area contributed by atoms with Gasteiger partial charge in [-0.25, -0.2) is 0 Å². The summed E-state index contributed by atoms with van der Waals surface area (Å²) < 4.78 is 79.5. The second kappa shape index (κ2) is 6.60. The maximum absolute atomic E-state index is 13.3. The normalized spacial score (nSPS) is 47.9. The summed E-state index contributed by atoms with van der Waals surface area (Å²) in [4.78, 5) is 0. The van der Waals surface area contributed by atoms with Crippen LogP contribution in [0.3, 0.4) is 0 Å². The van der Waals surface area contributed by atoms with Crippen molar-refractivity contribution in [3.8, 4) is 0 Å². The average Bonchev–Trinajstić information content (AvgIpc) is 2.96. The van der Waals surface area contributed by atoms with Gasteiger partial charge in [0.25, 0.3) is 0 Å². The highest BCUT2D eigenvalue weighted by molar-refractivity contribution is 5.90. The number of nitrogens with one attached hydrogen (secondary N) is 1. The minimum absolute atomic E-state index is 0.110. The summed E-state index contributed by atoms with van der Waals surface area (Å²) in [6.45, 7) is 1.90. The zero-order valence-electron chi connectivity index (χ0n) is 16.5. The predicted molar refractivity (Wildman–Crippen MR) is 95.4 cm³/mol. The Morgan fingerprint density at radius 1 is 0.862 bits per heavy atom. The Morgan fingerprint density at radius 3 is 2.14 bits per heavy atom. The van der Waals surface area contributed by atoms with Gasteiger partial charge in [0.15, 0.2) is 5.60 Å². The molecule has 4 fully saturated rings. The molecule has 29 heavy (non-hydrogen) atoms. The lowest BCUT2D eigenvalue weighted by Gasteiger charge is -2.57. The fourth-order valence-electron chi connectivity index (χ4n) is 7.81. The molecule has 0 aliphatic heterocycles. The summed E-state index contributed by atoms with van der Waals surface area (Å²) in [6, 6.07) is 0. The van der Waals surface area contributed by atoms with Crippen LogP contribution in [0.15, 0.2) is 0 Å². The summed E-state index contributed by atoms with van der Waals surface area (Å²) in [5, 5.41) is 17.9. The number of hydrogen-bond donors (Lipinski definition) is 2. The van der Waals surface area contributed by atoms with Crippen LogP contribution in [0.2, 0.25) is 0 Å². The van der Waals surface area contributed by atoms with E-state index >= 15 is 0 Å². The van der Waals surface area contributed by atoms with E-state index in [1.54, 1.807) is 0 Å². The van der Waals surface area contributed by atoms with Crippen molar-refractivity contribution in [1.82, 2.24) is 0 Å². The molecule has 166 valence electrons. The van der Waals surface area contributed by atoms with E-state index in [0.29, 0.717) is 32.1 Å². The molecule has 0 radical (unpaired) electrons. The smallest absolute Gasteiger partial charge is 0.380 e. The van der Waals surface area contributed by atoms with Gasteiger partial charge in [-0.3, -0.25) is 0 Å². The van der Waals surface area contributed by atoms with Gasteiger partial charge < -0.3 is 10.5 Å². The summed E-state index contributed by atoms with van der Waals surface area (Å²) in [5.41, 5.74) is -4.24. The lowest BCUT2D eigenvalue weighted by atomic mass is 9.48. The summed E-state index contributed by atoms with van der Waals surface area (Å²) in [5.74, 6) is -0.221. The quantitative estimate of drug-likeness (QED) is 0.385. The lowest BCUT2D eigenvalue weighted by Crippen LogP contribution is -2.55. The molecule has 2 N–H and O–H groups in total. The van der Waals surface area contributed by atoms with E-state index in [2.05, 4.69) is 0 Å². The third-order valence-corrected chi connectivity index (χ3v) is 9.19. The third-order valence-electron chi connectivity index (χ3n) is 9.19. The Morgan fingerprint density at radius 2 is 1.52 bits per heavy atom. The lowest BCUT2D eigenvalue weighted by molar-refractivity contribution is -0.282. The van der Waals surface area contributed by atoms with Crippen LogP contribution in [0.1, 0.15) is 64.7 Å². The first-order valence-corrected chi connectivity index (χ1v) is 10.7. The zero-order valence-corrected chi connectivity index (χ0v) is 16.5. The van der Waals surface area contributed by atoms with E-state index in [1.807, 2.05) is 6.92 Å². The Kier molecular flexibility index (Phi) is 4.88. The van der Waals surface area contributed by atoms with E-state index in [0.717, 1.165) is 12.8 Å². The molecule has 0 aromatic rings. The minimum atomic E-state index is -4.61. The molecule has 0 aromatic heterocycles. The highest BCUT2D eigenvalue weighted by atomic mass is 19.4. The molecule has 0 saturated heterocycles. The molecule has 0 bridgehead atoms. The first kappa shape index (κ1) is 21.4. The molecule has 0 heterocycles. The van der Waals surface area contributed by atoms with Crippen molar-refractivity contribution in [2.75, 3.05) is 0 Å². The van der Waals surface area contributed by atoms with Gasteiger partial charge >= 0.3 is 12.4 Å². The molecule has 4 aliphatic carbocycles. The maximum atomic E-state index is 13.3. The molecule has 0 amide bonds. The fourth-order valence-corrected chi connectivity index (χ4v) is 7.81. The molecule has 2 nitrogen and oxygen atoms in total. The van der Waals surface area contributed by atoms with Gasteiger partial charge in [0.1, 0.15) is 5.71 Å². The van der Waals surface area contributed by atoms with Crippen LogP contribution in [0.5, 0.6) is 0 Å². The van der Waals surface area contributed by atoms with Crippen LogP contribution in [0.25, 0.3) is 0 Å². The standard InChI is InChI=1S/C21H29F6NO/c1-18-8-6-13-12-7-9-19(29,21(25,26)27)10-11(12)2-3-14(13)15(18)4-5-16(18)17(28)20(22,23)24/h11-16,28-29H,2-10H2,1H3/t11?,12?,13?,14?,15?,16?,18?,19-/m1/s1. The van der Waals surface area contributed by atoms with Gasteiger partial charge in [-0.15, -0.1) is 0 Å². The number of hydrogen-bond acceptors (Lipinski definition) is 2. The number of fused-ring (bicyclic) bond motifs is 5. The van der Waals surface area contributed by atoms with E-state index in [9.17, 15) is 31.4 Å². The molecule has 4 saturated carbocycles. The minimum Gasteiger partial charge on any atom is -0.380 e. The Hall–Kier alpha value is -0.790. The van der Waals surface area contributed by atoms with Crippen molar-refractivity contribution in [3.63, 3.8) is 0 Å². The van der Waals surface area contributed by atoms with Gasteiger partial charge in [-0.2, -0.15) is 26.3 Å². The molecule has 8 heteroatoms. The highest BCUT2D eigenvalue weighted by Crippen LogP contribution is 2.65. The number of alkyl halides is 6. The maximum Gasteiger partial charge on any atom is 0.429 e. The molecule has 4 aliphatic rings. The van der Waals surface area contributed by atoms with Crippen LogP contribution < -0.4 is 0 Å². The first-order valence-electron chi connectivity index (χ1n) is 10.7. The van der Waals surface area contributed by atoms with Crippen molar-refractivity contribution >= 4 is 5.71 Å². The monoisotopic (exact) mass is 425 g/mol. The molecule has 0 spiro atoms. The highest BCUT2D eigenvalue weighted by Gasteiger charge is 2.63. The van der Waals surface area contributed by atoms with Crippen molar-refractivity contribution in [1.29, 1.82) is 5.41 Å². The average molecular weight is 425 g/mol. The molecular formula is C21H29F6NO. The van der Waals surface area contributed by atoms with Crippen molar-refractivity contribution in [2.24, 2.45) is 40.9 Å². The Balaban J connectivity index is 1.52. The van der Waals surface area contributed by atoms with Crippen LogP contribution in [-0.4, -0.2) is 28.8 Å². The van der Waals surface area contributed by atoms with Crippen LogP contribution >= 0.6 is 0 Å². The van der Waals surface area contributed by atoms with Gasteiger partial charge in [0.05, 0.1) is 0 Å². The third kappa shape index (κ3) is 3.23. The summed E-state index contributed by atoms with van der Waals surface area (Å²) in [6.07, 6.45) is -5.66. The van der Waals surface area contributed by atoms with Gasteiger partial charge in [-0.1, -0.05) is 6.92 Å². The van der Waals surface area contributed by atoms with Crippen molar-refractivity contribution in [3.05, 3.63) is 0 Å². The largest absolute Gasteiger partial charge is 0.429 e. The van der Waals surface area contributed by atoms with E-state index < -0.39 is 35.0 Å². The molecule has 4 rings (SSSR count).